The van der Waals surface area contributed by atoms with Gasteiger partial charge in [0.05, 0.1) is 34.0 Å². The summed E-state index contributed by atoms with van der Waals surface area (Å²) in [6, 6.07) is 5.64. The van der Waals surface area contributed by atoms with E-state index < -0.39 is 18.1 Å². The zero-order valence-corrected chi connectivity index (χ0v) is 24.6. The Hall–Kier alpha value is -3.25. The lowest BCUT2D eigenvalue weighted by atomic mass is 9.49. The average molecular weight is 588 g/mol. The lowest BCUT2D eigenvalue weighted by Gasteiger charge is -2.41. The van der Waals surface area contributed by atoms with Gasteiger partial charge in [0.2, 0.25) is 17.6 Å². The predicted molar refractivity (Wildman–Crippen MR) is 163 cm³/mol. The Morgan fingerprint density at radius 2 is 1.95 bits per heavy atom. The van der Waals surface area contributed by atoms with Crippen molar-refractivity contribution in [1.82, 2.24) is 25.1 Å². The third-order valence-corrected chi connectivity index (χ3v) is 11.2. The topological polar surface area (TPSA) is 160 Å². The number of rotatable bonds is 7. The van der Waals surface area contributed by atoms with E-state index in [4.69, 9.17) is 11.5 Å². The molecule has 2 aliphatic carbocycles. The molecule has 2 aliphatic heterocycles. The number of nitrogens with zero attached hydrogens (tertiary/aromatic N) is 3. The Bertz CT molecular complexity index is 1460. The number of nitrogens with two attached hydrogens (primary N) is 2. The molecule has 4 aliphatic rings. The maximum absolute atomic E-state index is 14.0. The fraction of sp³-hybridized carbons (Fsp3) is 0.567. The van der Waals surface area contributed by atoms with Gasteiger partial charge in [0, 0.05) is 5.69 Å². The van der Waals surface area contributed by atoms with E-state index in [2.05, 4.69) is 20.3 Å². The number of fused-ring (bicyclic) bond motifs is 3. The minimum absolute atomic E-state index is 0.0264. The van der Waals surface area contributed by atoms with Gasteiger partial charge >= 0.3 is 0 Å². The SMILES string of the molecule is Nc1nc2c([nH]1)CC([C@H](NC(=O)[C@@H]1CCB3C[C@@H](CC4CCCCC4)[C@H](N)C(=O)N31)C(=O)c1nc3ccccc3s1)C2. The molecule has 2 aromatic heterocycles. The van der Waals surface area contributed by atoms with Crippen LogP contribution in [0.2, 0.25) is 12.6 Å². The molecule has 0 bridgehead atoms. The number of aromatic amines is 1. The van der Waals surface area contributed by atoms with Crippen molar-refractivity contribution in [3.8, 4) is 0 Å². The first-order valence-electron chi connectivity index (χ1n) is 15.5. The van der Waals surface area contributed by atoms with Crippen molar-refractivity contribution in [2.75, 3.05) is 5.73 Å². The molecule has 2 amide bonds. The highest BCUT2D eigenvalue weighted by molar-refractivity contribution is 7.20. The van der Waals surface area contributed by atoms with Crippen LogP contribution in [-0.4, -0.2) is 62.3 Å². The minimum atomic E-state index is -0.798. The molecule has 12 heteroatoms. The third kappa shape index (κ3) is 5.02. The molecule has 1 unspecified atom stereocenters. The molecule has 5 atom stereocenters. The molecule has 220 valence electrons. The Morgan fingerprint density at radius 1 is 1.14 bits per heavy atom. The third-order valence-electron chi connectivity index (χ3n) is 10.1. The number of Topliss-reactive ketones (excluding diaryl/α,β-unsaturated/α-hetero) is 1. The summed E-state index contributed by atoms with van der Waals surface area (Å²) in [6.45, 7) is 0.0264. The lowest BCUT2D eigenvalue weighted by molar-refractivity contribution is -0.137. The van der Waals surface area contributed by atoms with Crippen molar-refractivity contribution in [1.29, 1.82) is 0 Å². The minimum Gasteiger partial charge on any atom is -0.374 e. The quantitative estimate of drug-likeness (QED) is 0.244. The highest BCUT2D eigenvalue weighted by Crippen LogP contribution is 2.39. The number of amides is 2. The summed E-state index contributed by atoms with van der Waals surface area (Å²) in [5.74, 6) is 0.371. The van der Waals surface area contributed by atoms with E-state index in [0.717, 1.165) is 40.7 Å². The summed E-state index contributed by atoms with van der Waals surface area (Å²) in [5.41, 5.74) is 14.9. The van der Waals surface area contributed by atoms with Crippen molar-refractivity contribution in [3.63, 3.8) is 0 Å². The van der Waals surface area contributed by atoms with Crippen LogP contribution in [0.4, 0.5) is 5.95 Å². The smallest absolute Gasteiger partial charge is 0.259 e. The van der Waals surface area contributed by atoms with Crippen LogP contribution in [0.1, 0.15) is 66.1 Å². The number of aromatic nitrogens is 3. The Labute approximate surface area is 249 Å². The van der Waals surface area contributed by atoms with Crippen molar-refractivity contribution in [3.05, 3.63) is 40.7 Å². The van der Waals surface area contributed by atoms with Gasteiger partial charge in [0.1, 0.15) is 0 Å². The number of carbonyl (C=O) groups is 3. The summed E-state index contributed by atoms with van der Waals surface area (Å²) in [6.07, 6.45) is 10.6. The number of nitrogens with one attached hydrogen (secondary N) is 2. The number of hydrogen-bond donors (Lipinski definition) is 4. The molecular formula is C30H38BN7O3S. The van der Waals surface area contributed by atoms with Gasteiger partial charge in [-0.05, 0) is 61.9 Å². The van der Waals surface area contributed by atoms with Crippen LogP contribution in [-0.2, 0) is 22.4 Å². The van der Waals surface area contributed by atoms with Crippen molar-refractivity contribution >= 4 is 51.9 Å². The fourth-order valence-electron chi connectivity index (χ4n) is 8.05. The van der Waals surface area contributed by atoms with Gasteiger partial charge < -0.3 is 26.6 Å². The van der Waals surface area contributed by atoms with Crippen LogP contribution < -0.4 is 16.8 Å². The number of carbonyl (C=O) groups excluding carboxylic acids is 3. The number of para-hydroxylation sites is 1. The number of thiazole rings is 1. The maximum Gasteiger partial charge on any atom is 0.259 e. The van der Waals surface area contributed by atoms with E-state index in [1.165, 1.54) is 43.4 Å². The number of benzene rings is 1. The molecular weight excluding hydrogens is 549 g/mol. The second-order valence-corrected chi connectivity index (χ2v) is 13.8. The molecule has 1 aromatic carbocycles. The summed E-state index contributed by atoms with van der Waals surface area (Å²) in [5, 5.41) is 3.47. The van der Waals surface area contributed by atoms with Gasteiger partial charge in [-0.2, -0.15) is 0 Å². The van der Waals surface area contributed by atoms with Gasteiger partial charge in [0.25, 0.3) is 6.85 Å². The van der Waals surface area contributed by atoms with Gasteiger partial charge in [-0.15, -0.1) is 11.3 Å². The van der Waals surface area contributed by atoms with E-state index in [0.29, 0.717) is 36.1 Å². The van der Waals surface area contributed by atoms with Crippen LogP contribution in [0.25, 0.3) is 10.2 Å². The van der Waals surface area contributed by atoms with Crippen molar-refractivity contribution < 1.29 is 14.4 Å². The van der Waals surface area contributed by atoms with Gasteiger partial charge in [-0.25, -0.2) is 9.97 Å². The molecule has 42 heavy (non-hydrogen) atoms. The predicted octanol–water partition coefficient (Wildman–Crippen LogP) is 3.20. The summed E-state index contributed by atoms with van der Waals surface area (Å²) >= 11 is 1.34. The van der Waals surface area contributed by atoms with Crippen LogP contribution >= 0.6 is 11.3 Å². The largest absolute Gasteiger partial charge is 0.374 e. The molecule has 3 aromatic rings. The van der Waals surface area contributed by atoms with E-state index in [9.17, 15) is 14.4 Å². The first-order valence-corrected chi connectivity index (χ1v) is 16.3. The Morgan fingerprint density at radius 3 is 2.74 bits per heavy atom. The number of imidazole rings is 1. The monoisotopic (exact) mass is 587 g/mol. The van der Waals surface area contributed by atoms with Crippen LogP contribution in [0.3, 0.4) is 0 Å². The molecule has 2 saturated heterocycles. The molecule has 10 nitrogen and oxygen atoms in total. The van der Waals surface area contributed by atoms with Crippen LogP contribution in [0.5, 0.6) is 0 Å². The lowest BCUT2D eigenvalue weighted by Crippen LogP contribution is -2.62. The van der Waals surface area contributed by atoms with Gasteiger partial charge in [-0.1, -0.05) is 50.6 Å². The average Bonchev–Trinajstić information content (AvgIpc) is 3.76. The summed E-state index contributed by atoms with van der Waals surface area (Å²) in [4.78, 5) is 55.4. The summed E-state index contributed by atoms with van der Waals surface area (Å²) < 4.78 is 0.923. The first-order chi connectivity index (χ1) is 20.4. The van der Waals surface area contributed by atoms with Gasteiger partial charge in [0.15, 0.2) is 11.0 Å². The molecule has 1 saturated carbocycles. The molecule has 3 fully saturated rings. The van der Waals surface area contributed by atoms with E-state index in [-0.39, 0.29) is 36.3 Å². The van der Waals surface area contributed by atoms with Crippen molar-refractivity contribution in [2.45, 2.75) is 88.6 Å². The van der Waals surface area contributed by atoms with E-state index >= 15 is 0 Å². The second kappa shape index (κ2) is 11.1. The van der Waals surface area contributed by atoms with Crippen LogP contribution in [0, 0.1) is 17.8 Å². The van der Waals surface area contributed by atoms with Crippen LogP contribution in [0.15, 0.2) is 24.3 Å². The Balaban J connectivity index is 1.09. The zero-order valence-electron chi connectivity index (χ0n) is 23.8. The molecule has 0 radical (unpaired) electrons. The highest BCUT2D eigenvalue weighted by atomic mass is 32.1. The number of anilines is 1. The number of hydrogen-bond acceptors (Lipinski definition) is 8. The number of nitrogen functional groups attached to an aromatic ring is 1. The molecule has 7 rings (SSSR count). The standard InChI is InChI=1S/C30H38BN7O3S/c32-24-18(12-16-6-2-1-3-7-16)15-31-11-10-22(38(31)29(24)41)27(40)37-25(17-13-20-21(14-17)36-30(33)35-20)26(39)28-34-19-8-4-5-9-23(19)42-28/h4-5,8-9,16-18,22,24-25H,1-3,6-7,10-15,32H2,(H,37,40)(H3,33,35,36)/t18-,22+,24+,25+/m1/s1. The van der Waals surface area contributed by atoms with E-state index in [1.54, 1.807) is 4.81 Å². The fourth-order valence-corrected chi connectivity index (χ4v) is 8.99. The molecule has 4 heterocycles. The molecule has 0 spiro atoms. The highest BCUT2D eigenvalue weighted by Gasteiger charge is 2.51. The Kier molecular flexibility index (Phi) is 7.30. The second-order valence-electron chi connectivity index (χ2n) is 12.8. The number of H-pyrrole nitrogens is 1. The first kappa shape index (κ1) is 27.6. The van der Waals surface area contributed by atoms with E-state index in [1.807, 2.05) is 24.3 Å². The number of ketones is 1. The molecule has 6 N–H and O–H groups in total. The van der Waals surface area contributed by atoms with Gasteiger partial charge in [-0.3, -0.25) is 14.4 Å². The normalized spacial score (nSPS) is 25.5. The summed E-state index contributed by atoms with van der Waals surface area (Å²) in [7, 11) is 0. The van der Waals surface area contributed by atoms with Crippen molar-refractivity contribution in [2.24, 2.45) is 23.5 Å². The zero-order chi connectivity index (χ0) is 29.0. The maximum atomic E-state index is 14.0.